The molecule has 0 saturated carbocycles. The molecule has 7 nitrogen and oxygen atoms in total. The Morgan fingerprint density at radius 3 is 2.25 bits per heavy atom. The van der Waals surface area contributed by atoms with Crippen LogP contribution in [0.15, 0.2) is 18.2 Å². The number of hydrogen-bond acceptors (Lipinski definition) is 2. The van der Waals surface area contributed by atoms with Crippen LogP contribution in [0, 0.1) is 10.1 Å². The van der Waals surface area contributed by atoms with Crippen LogP contribution in [-0.2, 0) is 0 Å². The molecule has 0 amide bonds. The first-order chi connectivity index (χ1) is 7.32. The summed E-state index contributed by atoms with van der Waals surface area (Å²) < 4.78 is 0. The highest BCUT2D eigenvalue weighted by Gasteiger charge is 1.99. The van der Waals surface area contributed by atoms with Crippen molar-refractivity contribution < 1.29 is 15.3 Å². The van der Waals surface area contributed by atoms with E-state index >= 15 is 0 Å². The molecule has 0 radical (unpaired) electrons. The van der Waals surface area contributed by atoms with Gasteiger partial charge in [-0.25, -0.2) is 4.99 Å². The second-order valence-corrected chi connectivity index (χ2v) is 3.26. The lowest BCUT2D eigenvalue weighted by atomic mass is 10.3. The highest BCUT2D eigenvalue weighted by molar-refractivity contribution is 6.42. The molecule has 88 valence electrons. The highest BCUT2D eigenvalue weighted by atomic mass is 35.5. The van der Waals surface area contributed by atoms with Gasteiger partial charge in [-0.3, -0.25) is 11.5 Å². The van der Waals surface area contributed by atoms with E-state index in [1.165, 1.54) is 0 Å². The minimum Gasteiger partial charge on any atom is -0.328 e. The second-order valence-electron chi connectivity index (χ2n) is 2.45. The van der Waals surface area contributed by atoms with Gasteiger partial charge in [0.05, 0.1) is 10.0 Å². The summed E-state index contributed by atoms with van der Waals surface area (Å²) in [6, 6.07) is 5.03. The van der Waals surface area contributed by atoms with Crippen molar-refractivity contribution in [2.24, 2.45) is 11.5 Å². The van der Waals surface area contributed by atoms with Crippen molar-refractivity contribution in [1.29, 1.82) is 0 Å². The van der Waals surface area contributed by atoms with Crippen LogP contribution >= 0.6 is 23.2 Å². The second kappa shape index (κ2) is 6.70. The minimum absolute atomic E-state index is 0.119. The number of guanidine groups is 1. The zero-order chi connectivity index (χ0) is 12.7. The molecule has 1 aromatic carbocycles. The minimum atomic E-state index is -1.50. The van der Waals surface area contributed by atoms with Crippen molar-refractivity contribution in [3.8, 4) is 0 Å². The summed E-state index contributed by atoms with van der Waals surface area (Å²) in [5.41, 5.74) is 11.2. The monoisotopic (exact) mass is 267 g/mol. The van der Waals surface area contributed by atoms with Crippen LogP contribution in [0.1, 0.15) is 0 Å². The van der Waals surface area contributed by atoms with E-state index in [1.807, 2.05) is 0 Å². The van der Waals surface area contributed by atoms with Crippen LogP contribution in [0.3, 0.4) is 0 Å². The molecule has 0 saturated heterocycles. The molecule has 0 atom stereocenters. The van der Waals surface area contributed by atoms with Gasteiger partial charge in [0.1, 0.15) is 5.69 Å². The Balaban J connectivity index is 0.000000487. The van der Waals surface area contributed by atoms with Gasteiger partial charge in [0, 0.05) is 0 Å². The van der Waals surface area contributed by atoms with Gasteiger partial charge in [0.25, 0.3) is 5.09 Å². The lowest BCUT2D eigenvalue weighted by molar-refractivity contribution is -0.742. The molecule has 0 bridgehead atoms. The van der Waals surface area contributed by atoms with Gasteiger partial charge in [0.15, 0.2) is 0 Å². The van der Waals surface area contributed by atoms with Gasteiger partial charge in [0.2, 0.25) is 0 Å². The molecule has 0 spiro atoms. The largest absolute Gasteiger partial charge is 0.343 e. The predicted molar refractivity (Wildman–Crippen MR) is 59.2 cm³/mol. The Morgan fingerprint density at radius 2 is 1.88 bits per heavy atom. The number of nitrogens with one attached hydrogen (secondary N) is 1. The van der Waals surface area contributed by atoms with Crippen molar-refractivity contribution in [2.75, 3.05) is 0 Å². The van der Waals surface area contributed by atoms with Crippen LogP contribution in [0.5, 0.6) is 0 Å². The summed E-state index contributed by atoms with van der Waals surface area (Å²) >= 11 is 11.4. The summed E-state index contributed by atoms with van der Waals surface area (Å²) in [6.07, 6.45) is 0. The summed E-state index contributed by atoms with van der Waals surface area (Å²) in [4.78, 5) is 11.1. The molecule has 0 fully saturated rings. The van der Waals surface area contributed by atoms with Gasteiger partial charge in [-0.05, 0) is 18.2 Å². The number of rotatable bonds is 1. The number of nitrogens with zero attached hydrogens (tertiary/aromatic N) is 1. The fraction of sp³-hybridized carbons (Fsp3) is 0. The molecule has 1 aromatic rings. The van der Waals surface area contributed by atoms with Crippen molar-refractivity contribution in [2.45, 2.75) is 0 Å². The van der Waals surface area contributed by atoms with Gasteiger partial charge in [-0.1, -0.05) is 23.2 Å². The lowest BCUT2D eigenvalue weighted by Gasteiger charge is -1.95. The van der Waals surface area contributed by atoms with Crippen LogP contribution < -0.4 is 16.5 Å². The molecule has 0 unspecified atom stereocenters. The predicted octanol–water partition coefficient (Wildman–Crippen LogP) is -0.369. The van der Waals surface area contributed by atoms with E-state index in [9.17, 15) is 0 Å². The topological polar surface area (TPSA) is 129 Å². The third-order valence-corrected chi connectivity index (χ3v) is 1.95. The first-order valence-corrected chi connectivity index (χ1v) is 4.51. The number of benzene rings is 1. The standard InChI is InChI=1S/C7H7Cl2N3.HNO3/c8-5-2-1-4(3-6(5)9)12-7(10)11;2-1(3)4/h1-3H,(H4,10,11,12);(H,2,3,4)/p+1. The van der Waals surface area contributed by atoms with Crippen molar-refractivity contribution in [3.05, 3.63) is 38.4 Å². The normalized spacial score (nSPS) is 8.62. The van der Waals surface area contributed by atoms with E-state index in [0.29, 0.717) is 15.7 Å². The Hall–Kier alpha value is -1.73. The van der Waals surface area contributed by atoms with E-state index in [-0.39, 0.29) is 5.96 Å². The van der Waals surface area contributed by atoms with Crippen molar-refractivity contribution >= 4 is 34.8 Å². The average Bonchev–Trinajstić information content (AvgIpc) is 2.09. The SMILES string of the molecule is NC(N)=[NH+]c1ccc(Cl)c(Cl)c1.O=[N+]([O-])O. The van der Waals surface area contributed by atoms with Crippen LogP contribution in [0.25, 0.3) is 0 Å². The molecule has 1 rings (SSSR count). The first-order valence-electron chi connectivity index (χ1n) is 3.76. The number of halogens is 2. The van der Waals surface area contributed by atoms with Crippen molar-refractivity contribution in [3.63, 3.8) is 0 Å². The molecule has 0 aromatic heterocycles. The number of nitrogens with two attached hydrogens (primary N) is 2. The Labute approximate surface area is 100 Å². The zero-order valence-electron chi connectivity index (χ0n) is 7.85. The van der Waals surface area contributed by atoms with E-state index in [0.717, 1.165) is 0 Å². The van der Waals surface area contributed by atoms with Gasteiger partial charge >= 0.3 is 5.96 Å². The molecule has 0 aliphatic rings. The maximum absolute atomic E-state index is 8.36. The molecule has 9 heteroatoms. The quantitative estimate of drug-likeness (QED) is 0.239. The highest BCUT2D eigenvalue weighted by Crippen LogP contribution is 2.22. The molecule has 16 heavy (non-hydrogen) atoms. The number of hydrogen-bond donors (Lipinski definition) is 4. The third-order valence-electron chi connectivity index (χ3n) is 1.21. The van der Waals surface area contributed by atoms with Gasteiger partial charge in [-0.15, -0.1) is 10.1 Å². The van der Waals surface area contributed by atoms with E-state index in [1.54, 1.807) is 18.2 Å². The molecular formula is C7H9Cl2N4O3+. The Bertz CT molecular complexity index is 403. The summed E-state index contributed by atoms with van der Waals surface area (Å²) in [5.74, 6) is 0.119. The van der Waals surface area contributed by atoms with Crippen LogP contribution in [0.2, 0.25) is 10.0 Å². The van der Waals surface area contributed by atoms with Crippen molar-refractivity contribution in [1.82, 2.24) is 0 Å². The summed E-state index contributed by atoms with van der Waals surface area (Å²) in [7, 11) is 0. The lowest BCUT2D eigenvalue weighted by Crippen LogP contribution is -2.72. The molecule has 0 aliphatic heterocycles. The third kappa shape index (κ3) is 6.68. The van der Waals surface area contributed by atoms with E-state index in [4.69, 9.17) is 50.0 Å². The fourth-order valence-corrected chi connectivity index (χ4v) is 1.04. The maximum Gasteiger partial charge on any atom is 0.343 e. The first kappa shape index (κ1) is 14.3. The van der Waals surface area contributed by atoms with E-state index in [2.05, 4.69) is 4.99 Å². The van der Waals surface area contributed by atoms with Crippen LogP contribution in [-0.4, -0.2) is 16.3 Å². The molecule has 0 aliphatic carbocycles. The Kier molecular flexibility index (Phi) is 5.97. The van der Waals surface area contributed by atoms with E-state index < -0.39 is 5.09 Å². The molecule has 0 heterocycles. The summed E-state index contributed by atoms with van der Waals surface area (Å²) in [5, 5.41) is 14.6. The smallest absolute Gasteiger partial charge is 0.328 e. The average molecular weight is 268 g/mol. The Morgan fingerprint density at radius 1 is 1.38 bits per heavy atom. The summed E-state index contributed by atoms with van der Waals surface area (Å²) in [6.45, 7) is 0. The van der Waals surface area contributed by atoms with Crippen LogP contribution in [0.4, 0.5) is 5.69 Å². The maximum atomic E-state index is 8.36. The van der Waals surface area contributed by atoms with Gasteiger partial charge in [-0.2, -0.15) is 0 Å². The fourth-order valence-electron chi connectivity index (χ4n) is 0.741. The van der Waals surface area contributed by atoms with Gasteiger partial charge < -0.3 is 5.21 Å². The molecule has 6 N–H and O–H groups in total. The molecular weight excluding hydrogens is 259 g/mol. The zero-order valence-corrected chi connectivity index (χ0v) is 9.37.